The summed E-state index contributed by atoms with van der Waals surface area (Å²) >= 11 is 20.1. The number of aromatic nitrogens is 2. The Bertz CT molecular complexity index is 1600. The van der Waals surface area contributed by atoms with Crippen molar-refractivity contribution in [2.45, 2.75) is 150 Å². The first-order chi connectivity index (χ1) is 23.4. The van der Waals surface area contributed by atoms with Gasteiger partial charge in [-0.25, -0.2) is 13.1 Å². The standard InChI is InChI=1S/C36H49Cl3N6O3S.K/c1-22-7-13-25(14-8-22)44(26-15-9-23(2)10-16-26)27-17-11-24(12-18-27)41-42-36-30(21-40)34(29-5-3-4-6-31(29)37)43-45(36)35-32(38)19-28(20-33(35)39)49(46,47)48;/h3-6,22-28,32-33,35H,7-20H2,1-2H3,(H,46,47,48);/q;+1/p-1. The largest absolute Gasteiger partial charge is 1.00 e. The number of rotatable bonds is 8. The third-order valence-electron chi connectivity index (χ3n) is 11.8. The van der Waals surface area contributed by atoms with Crippen molar-refractivity contribution in [2.24, 2.45) is 22.1 Å². The van der Waals surface area contributed by atoms with E-state index in [1.165, 1.54) is 56.0 Å². The number of benzene rings is 1. The smallest absolute Gasteiger partial charge is 0.748 e. The summed E-state index contributed by atoms with van der Waals surface area (Å²) in [6.45, 7) is 4.78. The minimum Gasteiger partial charge on any atom is -0.748 e. The molecule has 0 saturated heterocycles. The molecule has 1 aromatic carbocycles. The number of azo groups is 1. The van der Waals surface area contributed by atoms with Gasteiger partial charge in [-0.2, -0.15) is 15.5 Å². The summed E-state index contributed by atoms with van der Waals surface area (Å²) in [7, 11) is -4.58. The summed E-state index contributed by atoms with van der Waals surface area (Å²) in [5.41, 5.74) is 1.08. The first-order valence-corrected chi connectivity index (χ1v) is 20.8. The van der Waals surface area contributed by atoms with Crippen LogP contribution in [-0.2, 0) is 10.1 Å². The molecule has 0 aliphatic heterocycles. The van der Waals surface area contributed by atoms with Gasteiger partial charge in [-0.3, -0.25) is 4.90 Å². The molecule has 2 unspecified atom stereocenters. The normalized spacial score (nSPS) is 34.0. The fourth-order valence-corrected chi connectivity index (χ4v) is 11.3. The van der Waals surface area contributed by atoms with E-state index in [0.717, 1.165) is 37.5 Å². The molecule has 2 atom stereocenters. The molecular formula is C36H48Cl3KN6O3S. The van der Waals surface area contributed by atoms with Crippen LogP contribution in [0.25, 0.3) is 11.3 Å². The fraction of sp³-hybridized carbons (Fsp3) is 0.722. The molecule has 4 fully saturated rings. The van der Waals surface area contributed by atoms with Gasteiger partial charge >= 0.3 is 51.4 Å². The second kappa shape index (κ2) is 18.0. The molecule has 1 aromatic heterocycles. The maximum atomic E-state index is 11.9. The zero-order chi connectivity index (χ0) is 34.9. The number of alkyl halides is 2. The van der Waals surface area contributed by atoms with E-state index in [9.17, 15) is 18.2 Å². The third-order valence-corrected chi connectivity index (χ3v) is 14.2. The van der Waals surface area contributed by atoms with Gasteiger partial charge in [-0.05, 0) is 108 Å². The van der Waals surface area contributed by atoms with Crippen molar-refractivity contribution in [3.8, 4) is 17.3 Å². The van der Waals surface area contributed by atoms with Crippen LogP contribution in [0.15, 0.2) is 34.5 Å². The minimum atomic E-state index is -4.58. The Balaban J connectivity index is 0.00000486. The predicted octanol–water partition coefficient (Wildman–Crippen LogP) is 6.40. The van der Waals surface area contributed by atoms with Gasteiger partial charge in [-0.1, -0.05) is 43.6 Å². The Hall–Kier alpha value is -0.104. The van der Waals surface area contributed by atoms with Crippen molar-refractivity contribution in [1.29, 1.82) is 5.26 Å². The van der Waals surface area contributed by atoms with Crippen molar-refractivity contribution in [3.63, 3.8) is 0 Å². The molecule has 4 saturated carbocycles. The van der Waals surface area contributed by atoms with Crippen LogP contribution < -0.4 is 51.4 Å². The van der Waals surface area contributed by atoms with Crippen LogP contribution in [0.1, 0.15) is 115 Å². The van der Waals surface area contributed by atoms with Gasteiger partial charge in [0.05, 0.1) is 43.2 Å². The quantitative estimate of drug-likeness (QED) is 0.132. The number of halogens is 3. The molecule has 0 N–H and O–H groups in total. The van der Waals surface area contributed by atoms with E-state index in [4.69, 9.17) is 50.1 Å². The molecule has 50 heavy (non-hydrogen) atoms. The predicted molar refractivity (Wildman–Crippen MR) is 194 cm³/mol. The van der Waals surface area contributed by atoms with Crippen LogP contribution in [0.5, 0.6) is 0 Å². The Kier molecular flexibility index (Phi) is 14.8. The second-order valence-corrected chi connectivity index (χ2v) is 18.3. The van der Waals surface area contributed by atoms with Crippen LogP contribution in [0.2, 0.25) is 5.02 Å². The average Bonchev–Trinajstić information content (AvgIpc) is 3.43. The topological polar surface area (TPSA) is 127 Å². The van der Waals surface area contributed by atoms with E-state index in [1.807, 2.05) is 6.07 Å². The maximum absolute atomic E-state index is 11.9. The summed E-state index contributed by atoms with van der Waals surface area (Å²) in [6, 6.07) is 10.5. The zero-order valence-electron chi connectivity index (χ0n) is 29.4. The van der Waals surface area contributed by atoms with Crippen molar-refractivity contribution in [1.82, 2.24) is 14.7 Å². The van der Waals surface area contributed by atoms with Gasteiger partial charge in [0.15, 0.2) is 5.82 Å². The van der Waals surface area contributed by atoms with Gasteiger partial charge in [-0.15, -0.1) is 28.3 Å². The summed E-state index contributed by atoms with van der Waals surface area (Å²) in [4.78, 5) is 2.95. The molecule has 0 amide bonds. The van der Waals surface area contributed by atoms with E-state index >= 15 is 0 Å². The van der Waals surface area contributed by atoms with Gasteiger partial charge < -0.3 is 4.55 Å². The average molecular weight is 790 g/mol. The molecule has 0 bridgehead atoms. The maximum Gasteiger partial charge on any atom is 1.00 e. The van der Waals surface area contributed by atoms with Gasteiger partial charge in [0.2, 0.25) is 0 Å². The molecule has 4 aliphatic rings. The first-order valence-electron chi connectivity index (χ1n) is 18.1. The molecule has 2 aromatic rings. The summed E-state index contributed by atoms with van der Waals surface area (Å²) in [5, 5.41) is 22.3. The number of hydrogen-bond acceptors (Lipinski definition) is 8. The van der Waals surface area contributed by atoms with Gasteiger partial charge in [0.1, 0.15) is 17.3 Å². The Morgan fingerprint density at radius 1 is 0.880 bits per heavy atom. The van der Waals surface area contributed by atoms with Crippen molar-refractivity contribution in [3.05, 3.63) is 34.9 Å². The van der Waals surface area contributed by atoms with E-state index in [-0.39, 0.29) is 81.6 Å². The third kappa shape index (κ3) is 9.39. The molecule has 268 valence electrons. The Morgan fingerprint density at radius 2 is 1.38 bits per heavy atom. The molecule has 1 heterocycles. The molecule has 0 spiro atoms. The SMILES string of the molecule is CC1CCC(N(C2CCC(C)CC2)C2CCC(N=Nc3c(C#N)c(-c4ccccc4Cl)nn3C3C(Cl)CC(S(=O)(=O)[O-])CC3Cl)CC2)CC1.[K+]. The summed E-state index contributed by atoms with van der Waals surface area (Å²) in [6.07, 6.45) is 14.3. The molecule has 9 nitrogen and oxygen atoms in total. The molecule has 14 heteroatoms. The summed E-state index contributed by atoms with van der Waals surface area (Å²) < 4.78 is 37.1. The van der Waals surface area contributed by atoms with E-state index < -0.39 is 32.2 Å². The second-order valence-electron chi connectivity index (χ2n) is 15.1. The number of nitriles is 1. The monoisotopic (exact) mass is 788 g/mol. The Morgan fingerprint density at radius 3 is 1.86 bits per heavy atom. The molecule has 0 radical (unpaired) electrons. The summed E-state index contributed by atoms with van der Waals surface area (Å²) in [5.74, 6) is 1.87. The van der Waals surface area contributed by atoms with Crippen LogP contribution in [0.4, 0.5) is 5.82 Å². The van der Waals surface area contributed by atoms with Gasteiger partial charge in [0, 0.05) is 23.7 Å². The van der Waals surface area contributed by atoms with Crippen LogP contribution >= 0.6 is 34.8 Å². The van der Waals surface area contributed by atoms with Crippen LogP contribution in [0.3, 0.4) is 0 Å². The van der Waals surface area contributed by atoms with Crippen molar-refractivity contribution < 1.29 is 64.4 Å². The molecule has 6 rings (SSSR count). The van der Waals surface area contributed by atoms with Crippen LogP contribution in [-0.4, -0.2) is 67.8 Å². The first kappa shape index (κ1) is 41.1. The minimum absolute atomic E-state index is 0. The molecular weight excluding hydrogens is 742 g/mol. The van der Waals surface area contributed by atoms with E-state index in [0.29, 0.717) is 34.4 Å². The molecule has 4 aliphatic carbocycles. The zero-order valence-corrected chi connectivity index (χ0v) is 35.6. The van der Waals surface area contributed by atoms with E-state index in [1.54, 1.807) is 18.2 Å². The number of hydrogen-bond donors (Lipinski definition) is 0. The van der Waals surface area contributed by atoms with Crippen LogP contribution in [0, 0.1) is 23.2 Å². The van der Waals surface area contributed by atoms with Gasteiger partial charge in [0.25, 0.3) is 0 Å². The fourth-order valence-electron chi connectivity index (χ4n) is 8.90. The number of nitrogens with zero attached hydrogens (tertiary/aromatic N) is 6. The Labute approximate surface area is 355 Å². The van der Waals surface area contributed by atoms with Crippen molar-refractivity contribution >= 4 is 50.7 Å². The van der Waals surface area contributed by atoms with E-state index in [2.05, 4.69) is 24.8 Å². The van der Waals surface area contributed by atoms with Crippen molar-refractivity contribution in [2.75, 3.05) is 0 Å².